The van der Waals surface area contributed by atoms with E-state index in [1.165, 1.54) is 0 Å². The summed E-state index contributed by atoms with van der Waals surface area (Å²) < 4.78 is 0. The summed E-state index contributed by atoms with van der Waals surface area (Å²) in [4.78, 5) is 8.58. The smallest absolute Gasteiger partial charge is 0.0633 e. The van der Waals surface area contributed by atoms with E-state index in [0.717, 1.165) is 17.1 Å². The minimum absolute atomic E-state index is 0.945. The first-order valence-electron chi connectivity index (χ1n) is 4.87. The quantitative estimate of drug-likeness (QED) is 0.738. The molecule has 0 aliphatic carbocycles. The zero-order valence-electron chi connectivity index (χ0n) is 8.59. The Morgan fingerprint density at radius 3 is 2.47 bits per heavy atom. The van der Waals surface area contributed by atoms with E-state index in [1.807, 2.05) is 55.5 Å². The molecule has 0 bridgehead atoms. The maximum atomic E-state index is 4.37. The Kier molecular flexibility index (Phi) is 2.88. The minimum Gasteiger partial charge on any atom is -0.257 e. The molecule has 2 nitrogen and oxygen atoms in total. The molecule has 0 atom stereocenters. The van der Waals surface area contributed by atoms with E-state index in [-0.39, 0.29) is 0 Å². The zero-order chi connectivity index (χ0) is 10.5. The largest absolute Gasteiger partial charge is 0.257 e. The van der Waals surface area contributed by atoms with E-state index in [9.17, 15) is 0 Å². The Labute approximate surface area is 89.3 Å². The first-order chi connectivity index (χ1) is 7.34. The highest BCUT2D eigenvalue weighted by Crippen LogP contribution is 2.04. The second-order valence-corrected chi connectivity index (χ2v) is 3.29. The van der Waals surface area contributed by atoms with Crippen molar-refractivity contribution in [2.45, 2.75) is 6.92 Å². The molecule has 2 heterocycles. The SMILES string of the molecule is Cc1cccc(/C=C/c2ccccn2)n1. The predicted octanol–water partition coefficient (Wildman–Crippen LogP) is 2.96. The highest BCUT2D eigenvalue weighted by atomic mass is 14.7. The van der Waals surface area contributed by atoms with Crippen LogP contribution in [0.2, 0.25) is 0 Å². The van der Waals surface area contributed by atoms with Crippen molar-refractivity contribution >= 4 is 12.2 Å². The molecule has 0 aliphatic rings. The molecule has 0 fully saturated rings. The predicted molar refractivity (Wildman–Crippen MR) is 62.1 cm³/mol. The lowest BCUT2D eigenvalue weighted by Gasteiger charge is -1.94. The van der Waals surface area contributed by atoms with Crippen LogP contribution in [0.3, 0.4) is 0 Å². The van der Waals surface area contributed by atoms with Gasteiger partial charge in [0.25, 0.3) is 0 Å². The van der Waals surface area contributed by atoms with E-state index in [1.54, 1.807) is 6.20 Å². The molecule has 0 aliphatic heterocycles. The summed E-state index contributed by atoms with van der Waals surface area (Å²) in [6.45, 7) is 1.98. The van der Waals surface area contributed by atoms with Crippen LogP contribution < -0.4 is 0 Å². The standard InChI is InChI=1S/C13H12N2/c1-11-5-4-7-13(15-11)9-8-12-6-2-3-10-14-12/h2-10H,1H3/b9-8+. The Bertz CT molecular complexity index is 461. The highest BCUT2D eigenvalue weighted by Gasteiger charge is 1.89. The molecular weight excluding hydrogens is 184 g/mol. The molecule has 15 heavy (non-hydrogen) atoms. The Hall–Kier alpha value is -1.96. The lowest BCUT2D eigenvalue weighted by molar-refractivity contribution is 1.18. The van der Waals surface area contributed by atoms with Gasteiger partial charge in [0.15, 0.2) is 0 Å². The maximum absolute atomic E-state index is 4.37. The lowest BCUT2D eigenvalue weighted by atomic mass is 10.2. The Morgan fingerprint density at radius 2 is 1.73 bits per heavy atom. The van der Waals surface area contributed by atoms with Gasteiger partial charge in [0.05, 0.1) is 11.4 Å². The molecule has 0 saturated carbocycles. The summed E-state index contributed by atoms with van der Waals surface area (Å²) in [6, 6.07) is 11.8. The van der Waals surface area contributed by atoms with Crippen LogP contribution in [-0.4, -0.2) is 9.97 Å². The fourth-order valence-corrected chi connectivity index (χ4v) is 1.30. The molecule has 0 unspecified atom stereocenters. The normalized spacial score (nSPS) is 10.7. The first-order valence-corrected chi connectivity index (χ1v) is 4.87. The van der Waals surface area contributed by atoms with Crippen LogP contribution in [0.5, 0.6) is 0 Å². The number of nitrogens with zero attached hydrogens (tertiary/aromatic N) is 2. The first kappa shape index (κ1) is 9.59. The second kappa shape index (κ2) is 4.51. The van der Waals surface area contributed by atoms with E-state index >= 15 is 0 Å². The van der Waals surface area contributed by atoms with Crippen LogP contribution in [0.4, 0.5) is 0 Å². The molecule has 0 radical (unpaired) electrons. The molecule has 0 amide bonds. The Morgan fingerprint density at radius 1 is 0.933 bits per heavy atom. The third-order valence-corrected chi connectivity index (χ3v) is 2.02. The fraction of sp³-hybridized carbons (Fsp3) is 0.0769. The highest BCUT2D eigenvalue weighted by molar-refractivity contribution is 5.65. The monoisotopic (exact) mass is 196 g/mol. The average Bonchev–Trinajstić information content (AvgIpc) is 2.28. The summed E-state index contributed by atoms with van der Waals surface area (Å²) in [6.07, 6.45) is 5.71. The molecule has 2 aromatic rings. The number of pyridine rings is 2. The van der Waals surface area contributed by atoms with Crippen molar-refractivity contribution in [3.05, 3.63) is 59.7 Å². The number of hydrogen-bond donors (Lipinski definition) is 0. The summed E-state index contributed by atoms with van der Waals surface area (Å²) in [5.74, 6) is 0. The number of aromatic nitrogens is 2. The third-order valence-electron chi connectivity index (χ3n) is 2.02. The van der Waals surface area contributed by atoms with Crippen LogP contribution in [0.15, 0.2) is 42.6 Å². The topological polar surface area (TPSA) is 25.8 Å². The van der Waals surface area contributed by atoms with Crippen molar-refractivity contribution in [2.75, 3.05) is 0 Å². The summed E-state index contributed by atoms with van der Waals surface area (Å²) >= 11 is 0. The molecule has 0 spiro atoms. The van der Waals surface area contributed by atoms with E-state index in [4.69, 9.17) is 0 Å². The van der Waals surface area contributed by atoms with Gasteiger partial charge >= 0.3 is 0 Å². The van der Waals surface area contributed by atoms with Crippen molar-refractivity contribution in [1.29, 1.82) is 0 Å². The van der Waals surface area contributed by atoms with Gasteiger partial charge in [0.1, 0.15) is 0 Å². The Balaban J connectivity index is 2.19. The number of hydrogen-bond acceptors (Lipinski definition) is 2. The zero-order valence-corrected chi connectivity index (χ0v) is 8.59. The molecule has 0 aromatic carbocycles. The van der Waals surface area contributed by atoms with E-state index < -0.39 is 0 Å². The van der Waals surface area contributed by atoms with Gasteiger partial charge in [-0.2, -0.15) is 0 Å². The maximum Gasteiger partial charge on any atom is 0.0633 e. The molecular formula is C13H12N2. The molecule has 2 rings (SSSR count). The fourth-order valence-electron chi connectivity index (χ4n) is 1.30. The van der Waals surface area contributed by atoms with Gasteiger partial charge in [-0.15, -0.1) is 0 Å². The van der Waals surface area contributed by atoms with Crippen LogP contribution in [-0.2, 0) is 0 Å². The van der Waals surface area contributed by atoms with Gasteiger partial charge in [-0.25, -0.2) is 0 Å². The van der Waals surface area contributed by atoms with Crippen LogP contribution in [0.1, 0.15) is 17.1 Å². The second-order valence-electron chi connectivity index (χ2n) is 3.29. The van der Waals surface area contributed by atoms with E-state index in [2.05, 4.69) is 9.97 Å². The number of rotatable bonds is 2. The van der Waals surface area contributed by atoms with Crippen LogP contribution in [0, 0.1) is 6.92 Å². The van der Waals surface area contributed by atoms with Crippen molar-refractivity contribution in [3.63, 3.8) is 0 Å². The van der Waals surface area contributed by atoms with Crippen molar-refractivity contribution < 1.29 is 0 Å². The lowest BCUT2D eigenvalue weighted by Crippen LogP contribution is -1.83. The summed E-state index contributed by atoms with van der Waals surface area (Å²) in [7, 11) is 0. The van der Waals surface area contributed by atoms with Crippen LogP contribution in [0.25, 0.3) is 12.2 Å². The van der Waals surface area contributed by atoms with Crippen molar-refractivity contribution in [3.8, 4) is 0 Å². The molecule has 0 saturated heterocycles. The van der Waals surface area contributed by atoms with Crippen LogP contribution >= 0.6 is 0 Å². The van der Waals surface area contributed by atoms with Gasteiger partial charge in [-0.1, -0.05) is 12.1 Å². The van der Waals surface area contributed by atoms with Gasteiger partial charge in [-0.05, 0) is 43.3 Å². The van der Waals surface area contributed by atoms with Gasteiger partial charge in [-0.3, -0.25) is 9.97 Å². The van der Waals surface area contributed by atoms with Gasteiger partial charge in [0.2, 0.25) is 0 Å². The minimum atomic E-state index is 0.945. The van der Waals surface area contributed by atoms with E-state index in [0.29, 0.717) is 0 Å². The molecule has 0 N–H and O–H groups in total. The molecule has 74 valence electrons. The summed E-state index contributed by atoms with van der Waals surface area (Å²) in [5, 5.41) is 0. The van der Waals surface area contributed by atoms with Gasteiger partial charge in [0, 0.05) is 11.9 Å². The van der Waals surface area contributed by atoms with Crippen molar-refractivity contribution in [1.82, 2.24) is 9.97 Å². The van der Waals surface area contributed by atoms with Crippen molar-refractivity contribution in [2.24, 2.45) is 0 Å². The average molecular weight is 196 g/mol. The molecule has 2 heteroatoms. The third kappa shape index (κ3) is 2.74. The molecule has 2 aromatic heterocycles. The number of aryl methyl sites for hydroxylation is 1. The van der Waals surface area contributed by atoms with Gasteiger partial charge < -0.3 is 0 Å². The summed E-state index contributed by atoms with van der Waals surface area (Å²) in [5.41, 5.74) is 2.93.